The van der Waals surface area contributed by atoms with Crippen molar-refractivity contribution in [3.63, 3.8) is 0 Å². The van der Waals surface area contributed by atoms with Crippen LogP contribution in [-0.4, -0.2) is 49.8 Å². The van der Waals surface area contributed by atoms with Gasteiger partial charge in [0.25, 0.3) is 0 Å². The van der Waals surface area contributed by atoms with E-state index in [1.165, 1.54) is 11.8 Å². The molecule has 2 heterocycles. The maximum atomic E-state index is 12.2. The van der Waals surface area contributed by atoms with Gasteiger partial charge in [0.15, 0.2) is 11.0 Å². The molecule has 0 bridgehead atoms. The van der Waals surface area contributed by atoms with E-state index in [4.69, 9.17) is 0 Å². The van der Waals surface area contributed by atoms with Crippen LogP contribution in [0.15, 0.2) is 5.16 Å². The standard InChI is InChI=1S/C16H27N5O2S/c1-4-17-15(23)12(3)24-16-19-18-13(21(16)5-2)11-20-10-8-6-7-9-14(20)22/h12H,4-11H2,1-3H3,(H,17,23)/t12-/m0/s1. The van der Waals surface area contributed by atoms with Crippen LogP contribution >= 0.6 is 11.8 Å². The molecule has 1 aliphatic heterocycles. The Hall–Kier alpha value is -1.57. The summed E-state index contributed by atoms with van der Waals surface area (Å²) in [5.74, 6) is 0.985. The monoisotopic (exact) mass is 353 g/mol. The minimum absolute atomic E-state index is 0.00241. The zero-order chi connectivity index (χ0) is 17.5. The third kappa shape index (κ3) is 4.72. The highest BCUT2D eigenvalue weighted by Gasteiger charge is 2.22. The molecule has 0 aliphatic carbocycles. The highest BCUT2D eigenvalue weighted by Crippen LogP contribution is 2.23. The lowest BCUT2D eigenvalue weighted by atomic mass is 10.2. The molecule has 1 atom stereocenters. The Morgan fingerprint density at radius 3 is 2.79 bits per heavy atom. The first-order valence-electron chi connectivity index (χ1n) is 8.71. The molecule has 24 heavy (non-hydrogen) atoms. The van der Waals surface area contributed by atoms with Crippen LogP contribution in [0.2, 0.25) is 0 Å². The second-order valence-electron chi connectivity index (χ2n) is 5.92. The summed E-state index contributed by atoms with van der Waals surface area (Å²) < 4.78 is 2.00. The van der Waals surface area contributed by atoms with Crippen LogP contribution in [-0.2, 0) is 22.7 Å². The first-order valence-corrected chi connectivity index (χ1v) is 9.59. The van der Waals surface area contributed by atoms with Gasteiger partial charge in [-0.15, -0.1) is 10.2 Å². The Balaban J connectivity index is 2.08. The van der Waals surface area contributed by atoms with Crippen LogP contribution in [0.25, 0.3) is 0 Å². The summed E-state index contributed by atoms with van der Waals surface area (Å²) in [5.41, 5.74) is 0. The minimum atomic E-state index is -0.230. The van der Waals surface area contributed by atoms with E-state index in [0.29, 0.717) is 19.5 Å². The number of likely N-dealkylation sites (tertiary alicyclic amines) is 1. The Labute approximate surface area is 147 Å². The van der Waals surface area contributed by atoms with Crippen LogP contribution < -0.4 is 5.32 Å². The quantitative estimate of drug-likeness (QED) is 0.756. The van der Waals surface area contributed by atoms with Gasteiger partial charge in [-0.25, -0.2) is 0 Å². The van der Waals surface area contributed by atoms with E-state index in [1.54, 1.807) is 0 Å². The van der Waals surface area contributed by atoms with Crippen LogP contribution in [0.1, 0.15) is 52.3 Å². The molecule has 7 nitrogen and oxygen atoms in total. The summed E-state index contributed by atoms with van der Waals surface area (Å²) in [4.78, 5) is 26.0. The van der Waals surface area contributed by atoms with Crippen molar-refractivity contribution in [2.45, 2.75) is 70.0 Å². The number of rotatable bonds is 7. The van der Waals surface area contributed by atoms with E-state index in [0.717, 1.165) is 43.3 Å². The fourth-order valence-corrected chi connectivity index (χ4v) is 3.70. The molecular weight excluding hydrogens is 326 g/mol. The summed E-state index contributed by atoms with van der Waals surface area (Å²) >= 11 is 1.40. The molecule has 1 aliphatic rings. The Kier molecular flexibility index (Phi) is 7.08. The van der Waals surface area contributed by atoms with Gasteiger partial charge in [-0.2, -0.15) is 0 Å². The number of amides is 2. The molecule has 0 aromatic carbocycles. The second kappa shape index (κ2) is 9.05. The normalized spacial score (nSPS) is 16.8. The largest absolute Gasteiger partial charge is 0.355 e. The smallest absolute Gasteiger partial charge is 0.233 e. The van der Waals surface area contributed by atoms with Crippen LogP contribution in [0.5, 0.6) is 0 Å². The van der Waals surface area contributed by atoms with Gasteiger partial charge in [-0.05, 0) is 33.6 Å². The summed E-state index contributed by atoms with van der Waals surface area (Å²) in [5, 5.41) is 11.8. The Morgan fingerprint density at radius 2 is 2.08 bits per heavy atom. The van der Waals surface area contributed by atoms with Gasteiger partial charge in [0.2, 0.25) is 11.8 Å². The molecule has 1 aromatic rings. The van der Waals surface area contributed by atoms with Gasteiger partial charge in [-0.3, -0.25) is 9.59 Å². The predicted octanol–water partition coefficient (Wildman–Crippen LogP) is 1.82. The molecule has 1 saturated heterocycles. The molecule has 0 unspecified atom stereocenters. The predicted molar refractivity (Wildman–Crippen MR) is 93.6 cm³/mol. The molecule has 0 spiro atoms. The summed E-state index contributed by atoms with van der Waals surface area (Å²) in [6.45, 7) is 8.41. The molecule has 8 heteroatoms. The molecule has 1 aromatic heterocycles. The van der Waals surface area contributed by atoms with Crippen molar-refractivity contribution in [2.75, 3.05) is 13.1 Å². The topological polar surface area (TPSA) is 80.1 Å². The van der Waals surface area contributed by atoms with E-state index in [1.807, 2.05) is 30.2 Å². The van der Waals surface area contributed by atoms with E-state index in [-0.39, 0.29) is 17.1 Å². The minimum Gasteiger partial charge on any atom is -0.355 e. The van der Waals surface area contributed by atoms with Crippen molar-refractivity contribution in [1.82, 2.24) is 25.0 Å². The van der Waals surface area contributed by atoms with E-state index in [9.17, 15) is 9.59 Å². The lowest BCUT2D eigenvalue weighted by Gasteiger charge is -2.20. The van der Waals surface area contributed by atoms with Crippen LogP contribution in [0.4, 0.5) is 0 Å². The second-order valence-corrected chi connectivity index (χ2v) is 7.23. The van der Waals surface area contributed by atoms with Crippen molar-refractivity contribution in [1.29, 1.82) is 0 Å². The van der Waals surface area contributed by atoms with Crippen LogP contribution in [0, 0.1) is 0 Å². The van der Waals surface area contributed by atoms with E-state index >= 15 is 0 Å². The summed E-state index contributed by atoms with van der Waals surface area (Å²) in [7, 11) is 0. The Bertz CT molecular complexity index is 575. The SMILES string of the molecule is CCNC(=O)[C@H](C)Sc1nnc(CN2CCCCCC2=O)n1CC. The molecule has 1 N–H and O–H groups in total. The lowest BCUT2D eigenvalue weighted by molar-refractivity contribution is -0.131. The molecule has 1 fully saturated rings. The number of nitrogens with zero attached hydrogens (tertiary/aromatic N) is 4. The molecule has 0 radical (unpaired) electrons. The highest BCUT2D eigenvalue weighted by molar-refractivity contribution is 8.00. The van der Waals surface area contributed by atoms with Crippen molar-refractivity contribution < 1.29 is 9.59 Å². The first kappa shape index (κ1) is 18.8. The van der Waals surface area contributed by atoms with Gasteiger partial charge >= 0.3 is 0 Å². The fourth-order valence-electron chi connectivity index (χ4n) is 2.75. The van der Waals surface area contributed by atoms with Gasteiger partial charge < -0.3 is 14.8 Å². The van der Waals surface area contributed by atoms with Crippen molar-refractivity contribution in [3.05, 3.63) is 5.82 Å². The average Bonchev–Trinajstić information content (AvgIpc) is 2.82. The number of hydrogen-bond acceptors (Lipinski definition) is 5. The van der Waals surface area contributed by atoms with Crippen molar-refractivity contribution in [2.24, 2.45) is 0 Å². The first-order chi connectivity index (χ1) is 11.6. The zero-order valence-electron chi connectivity index (χ0n) is 14.7. The Morgan fingerprint density at radius 1 is 1.29 bits per heavy atom. The van der Waals surface area contributed by atoms with E-state index in [2.05, 4.69) is 15.5 Å². The third-order valence-corrected chi connectivity index (χ3v) is 5.20. The molecular formula is C16H27N5O2S. The highest BCUT2D eigenvalue weighted by atomic mass is 32.2. The van der Waals surface area contributed by atoms with Crippen LogP contribution in [0.3, 0.4) is 0 Å². The number of aromatic nitrogens is 3. The van der Waals surface area contributed by atoms with Gasteiger partial charge in [0.1, 0.15) is 0 Å². The molecule has 2 rings (SSSR count). The van der Waals surface area contributed by atoms with Gasteiger partial charge in [0, 0.05) is 26.1 Å². The van der Waals surface area contributed by atoms with Gasteiger partial charge in [-0.1, -0.05) is 18.2 Å². The maximum Gasteiger partial charge on any atom is 0.233 e. The molecule has 0 saturated carbocycles. The lowest BCUT2D eigenvalue weighted by Crippen LogP contribution is -2.31. The van der Waals surface area contributed by atoms with Crippen molar-refractivity contribution in [3.8, 4) is 0 Å². The summed E-state index contributed by atoms with van der Waals surface area (Å²) in [6, 6.07) is 0. The number of carbonyl (C=O) groups excluding carboxylic acids is 2. The van der Waals surface area contributed by atoms with E-state index < -0.39 is 0 Å². The number of thioether (sulfide) groups is 1. The third-order valence-electron chi connectivity index (χ3n) is 4.12. The average molecular weight is 353 g/mol. The summed E-state index contributed by atoms with van der Waals surface area (Å²) in [6.07, 6.45) is 3.74. The number of carbonyl (C=O) groups is 2. The molecule has 134 valence electrons. The number of hydrogen-bond donors (Lipinski definition) is 1. The zero-order valence-corrected chi connectivity index (χ0v) is 15.6. The van der Waals surface area contributed by atoms with Gasteiger partial charge in [0.05, 0.1) is 11.8 Å². The number of nitrogens with one attached hydrogen (secondary N) is 1. The maximum absolute atomic E-state index is 12.2. The fraction of sp³-hybridized carbons (Fsp3) is 0.750. The van der Waals surface area contributed by atoms with Crippen molar-refractivity contribution >= 4 is 23.6 Å². The molecule has 2 amide bonds.